The fourth-order valence-electron chi connectivity index (χ4n) is 1.82. The molecule has 0 radical (unpaired) electrons. The largest absolute Gasteiger partial charge is 0.345 e. The number of anilines is 1. The van der Waals surface area contributed by atoms with Gasteiger partial charge in [0.2, 0.25) is 0 Å². The van der Waals surface area contributed by atoms with Gasteiger partial charge in [0.15, 0.2) is 0 Å². The van der Waals surface area contributed by atoms with Gasteiger partial charge in [-0.2, -0.15) is 0 Å². The number of benzene rings is 2. The van der Waals surface area contributed by atoms with E-state index in [2.05, 4.69) is 20.7 Å². The summed E-state index contributed by atoms with van der Waals surface area (Å²) >= 11 is 3.26. The van der Waals surface area contributed by atoms with Crippen molar-refractivity contribution in [1.29, 1.82) is 0 Å². The van der Waals surface area contributed by atoms with Gasteiger partial charge in [0, 0.05) is 18.6 Å². The molecule has 0 spiro atoms. The number of amides is 1. The molecule has 0 aromatic heterocycles. The van der Waals surface area contributed by atoms with E-state index >= 15 is 0 Å². The Labute approximate surface area is 138 Å². The summed E-state index contributed by atoms with van der Waals surface area (Å²) in [5.41, 5.74) is 0.553. The summed E-state index contributed by atoms with van der Waals surface area (Å²) in [5, 5.41) is 0. The van der Waals surface area contributed by atoms with E-state index in [1.54, 1.807) is 50.5 Å². The molecule has 2 aromatic carbocycles. The third kappa shape index (κ3) is 3.66. The number of carbonyl (C=O) groups excluding carboxylic acids is 1. The number of halogens is 1. The standard InChI is InChI=1S/C15H15BrN2O3S/c1-18(2)15(19)13-5-3-4-6-14(13)17-22(20,21)12-9-7-11(16)8-10-12/h3-10,17H,1-2H3. The summed E-state index contributed by atoms with van der Waals surface area (Å²) in [6.45, 7) is 0. The minimum atomic E-state index is -3.75. The van der Waals surface area contributed by atoms with Crippen LogP contribution in [0.5, 0.6) is 0 Å². The van der Waals surface area contributed by atoms with Gasteiger partial charge < -0.3 is 4.90 Å². The SMILES string of the molecule is CN(C)C(=O)c1ccccc1NS(=O)(=O)c1ccc(Br)cc1. The molecule has 0 bridgehead atoms. The van der Waals surface area contributed by atoms with Gasteiger partial charge in [-0.1, -0.05) is 28.1 Å². The van der Waals surface area contributed by atoms with Crippen molar-refractivity contribution < 1.29 is 13.2 Å². The van der Waals surface area contributed by atoms with Gasteiger partial charge in [-0.15, -0.1) is 0 Å². The van der Waals surface area contributed by atoms with E-state index in [1.165, 1.54) is 17.0 Å². The molecule has 2 rings (SSSR count). The van der Waals surface area contributed by atoms with Gasteiger partial charge >= 0.3 is 0 Å². The minimum absolute atomic E-state index is 0.128. The van der Waals surface area contributed by atoms with Gasteiger partial charge in [0.25, 0.3) is 15.9 Å². The minimum Gasteiger partial charge on any atom is -0.345 e. The predicted molar refractivity (Wildman–Crippen MR) is 89.4 cm³/mol. The van der Waals surface area contributed by atoms with Crippen LogP contribution in [0.25, 0.3) is 0 Å². The molecule has 1 N–H and O–H groups in total. The van der Waals surface area contributed by atoms with Crippen LogP contribution < -0.4 is 4.72 Å². The van der Waals surface area contributed by atoms with E-state index in [1.807, 2.05) is 0 Å². The van der Waals surface area contributed by atoms with Gasteiger partial charge in [-0.05, 0) is 36.4 Å². The Kier molecular flexibility index (Phi) is 4.87. The summed E-state index contributed by atoms with van der Waals surface area (Å²) in [6, 6.07) is 12.8. The average molecular weight is 383 g/mol. The van der Waals surface area contributed by atoms with E-state index in [4.69, 9.17) is 0 Å². The fourth-order valence-corrected chi connectivity index (χ4v) is 3.16. The average Bonchev–Trinajstić information content (AvgIpc) is 2.47. The van der Waals surface area contributed by atoms with E-state index < -0.39 is 10.0 Å². The molecule has 0 aliphatic carbocycles. The van der Waals surface area contributed by atoms with E-state index in [9.17, 15) is 13.2 Å². The number of nitrogens with one attached hydrogen (secondary N) is 1. The highest BCUT2D eigenvalue weighted by atomic mass is 79.9. The number of hydrogen-bond donors (Lipinski definition) is 1. The Balaban J connectivity index is 2.38. The number of hydrogen-bond acceptors (Lipinski definition) is 3. The monoisotopic (exact) mass is 382 g/mol. The van der Waals surface area contributed by atoms with Gasteiger partial charge in [-0.3, -0.25) is 9.52 Å². The fraction of sp³-hybridized carbons (Fsp3) is 0.133. The zero-order chi connectivity index (χ0) is 16.3. The molecular formula is C15H15BrN2O3S. The molecule has 1 amide bonds. The van der Waals surface area contributed by atoms with Crippen molar-refractivity contribution >= 4 is 37.5 Å². The molecule has 0 aliphatic heterocycles. The molecule has 0 saturated heterocycles. The molecule has 2 aromatic rings. The second-order valence-corrected chi connectivity index (χ2v) is 7.40. The van der Waals surface area contributed by atoms with Crippen LogP contribution in [0.15, 0.2) is 57.9 Å². The number of rotatable bonds is 4. The molecule has 0 atom stereocenters. The van der Waals surface area contributed by atoms with Crippen LogP contribution in [0.1, 0.15) is 10.4 Å². The third-order valence-corrected chi connectivity index (χ3v) is 4.84. The van der Waals surface area contributed by atoms with Crippen molar-refractivity contribution in [3.63, 3.8) is 0 Å². The smallest absolute Gasteiger partial charge is 0.261 e. The van der Waals surface area contributed by atoms with Crippen molar-refractivity contribution in [1.82, 2.24) is 4.90 Å². The molecule has 0 unspecified atom stereocenters. The summed E-state index contributed by atoms with van der Waals surface area (Å²) in [7, 11) is -0.527. The number of para-hydroxylation sites is 1. The molecule has 22 heavy (non-hydrogen) atoms. The first kappa shape index (κ1) is 16.5. The molecule has 0 saturated carbocycles. The number of nitrogens with zero attached hydrogens (tertiary/aromatic N) is 1. The zero-order valence-corrected chi connectivity index (χ0v) is 14.5. The molecule has 5 nitrogen and oxygen atoms in total. The van der Waals surface area contributed by atoms with Crippen molar-refractivity contribution in [3.8, 4) is 0 Å². The highest BCUT2D eigenvalue weighted by Crippen LogP contribution is 2.22. The highest BCUT2D eigenvalue weighted by Gasteiger charge is 2.19. The Morgan fingerprint density at radius 1 is 1.05 bits per heavy atom. The van der Waals surface area contributed by atoms with Crippen LogP contribution in [-0.2, 0) is 10.0 Å². The third-order valence-electron chi connectivity index (χ3n) is 2.93. The summed E-state index contributed by atoms with van der Waals surface area (Å²) in [4.78, 5) is 13.6. The second kappa shape index (κ2) is 6.50. The molecule has 7 heteroatoms. The van der Waals surface area contributed by atoms with Crippen LogP contribution >= 0.6 is 15.9 Å². The quantitative estimate of drug-likeness (QED) is 0.883. The maximum absolute atomic E-state index is 12.4. The van der Waals surface area contributed by atoms with E-state index in [0.29, 0.717) is 5.56 Å². The molecule has 0 aliphatic rings. The number of sulfonamides is 1. The second-order valence-electron chi connectivity index (χ2n) is 4.80. The normalized spacial score (nSPS) is 11.0. The molecular weight excluding hydrogens is 368 g/mol. The van der Waals surface area contributed by atoms with Crippen LogP contribution in [0.4, 0.5) is 5.69 Å². The summed E-state index contributed by atoms with van der Waals surface area (Å²) in [6.07, 6.45) is 0. The van der Waals surface area contributed by atoms with Crippen LogP contribution in [0.2, 0.25) is 0 Å². The Morgan fingerprint density at radius 2 is 1.64 bits per heavy atom. The lowest BCUT2D eigenvalue weighted by molar-refractivity contribution is 0.0828. The van der Waals surface area contributed by atoms with Crippen molar-refractivity contribution in [2.24, 2.45) is 0 Å². The van der Waals surface area contributed by atoms with Crippen molar-refractivity contribution in [2.45, 2.75) is 4.90 Å². The molecule has 0 heterocycles. The summed E-state index contributed by atoms with van der Waals surface area (Å²) in [5.74, 6) is -0.269. The van der Waals surface area contributed by atoms with E-state index in [-0.39, 0.29) is 16.5 Å². The Bertz CT molecular complexity index is 787. The van der Waals surface area contributed by atoms with Gasteiger partial charge in [0.1, 0.15) is 0 Å². The predicted octanol–water partition coefficient (Wildman–Crippen LogP) is 2.95. The van der Waals surface area contributed by atoms with Crippen molar-refractivity contribution in [2.75, 3.05) is 18.8 Å². The first-order valence-corrected chi connectivity index (χ1v) is 8.68. The van der Waals surface area contributed by atoms with Gasteiger partial charge in [-0.25, -0.2) is 8.42 Å². The topological polar surface area (TPSA) is 66.5 Å². The lowest BCUT2D eigenvalue weighted by atomic mass is 10.1. The number of carbonyl (C=O) groups is 1. The van der Waals surface area contributed by atoms with Crippen molar-refractivity contribution in [3.05, 3.63) is 58.6 Å². The van der Waals surface area contributed by atoms with Crippen LogP contribution in [0.3, 0.4) is 0 Å². The molecule has 0 fully saturated rings. The first-order valence-electron chi connectivity index (χ1n) is 6.40. The highest BCUT2D eigenvalue weighted by molar-refractivity contribution is 9.10. The van der Waals surface area contributed by atoms with E-state index in [0.717, 1.165) is 4.47 Å². The maximum Gasteiger partial charge on any atom is 0.261 e. The Morgan fingerprint density at radius 3 is 2.23 bits per heavy atom. The Hall–Kier alpha value is -1.86. The maximum atomic E-state index is 12.4. The lowest BCUT2D eigenvalue weighted by Crippen LogP contribution is -2.24. The first-order chi connectivity index (χ1) is 10.3. The molecule has 116 valence electrons. The lowest BCUT2D eigenvalue weighted by Gasteiger charge is -2.15. The van der Waals surface area contributed by atoms with Crippen LogP contribution in [0, 0.1) is 0 Å². The van der Waals surface area contributed by atoms with Gasteiger partial charge in [0.05, 0.1) is 16.1 Å². The zero-order valence-electron chi connectivity index (χ0n) is 12.1. The van der Waals surface area contributed by atoms with Crippen LogP contribution in [-0.4, -0.2) is 33.3 Å². The summed E-state index contributed by atoms with van der Waals surface area (Å²) < 4.78 is 28.1.